The maximum atomic E-state index is 12.9. The van der Waals surface area contributed by atoms with Gasteiger partial charge in [-0.1, -0.05) is 24.6 Å². The van der Waals surface area contributed by atoms with Crippen molar-refractivity contribution < 1.29 is 18.0 Å². The molecule has 1 N–H and O–H groups in total. The molecule has 9 heteroatoms. The van der Waals surface area contributed by atoms with Crippen molar-refractivity contribution >= 4 is 39.3 Å². The van der Waals surface area contributed by atoms with E-state index in [4.69, 9.17) is 0 Å². The van der Waals surface area contributed by atoms with Crippen LogP contribution in [-0.2, 0) is 21.2 Å². The molecule has 2 aliphatic heterocycles. The lowest BCUT2D eigenvalue weighted by Crippen LogP contribution is -2.38. The van der Waals surface area contributed by atoms with Crippen LogP contribution in [0.1, 0.15) is 35.2 Å². The smallest absolute Gasteiger partial charge is 0.255 e. The first kappa shape index (κ1) is 23.8. The minimum absolute atomic E-state index is 0.124. The number of nitrogens with one attached hydrogen (secondary N) is 1. The summed E-state index contributed by atoms with van der Waals surface area (Å²) in [7, 11) is -3.60. The van der Waals surface area contributed by atoms with Crippen LogP contribution < -0.4 is 5.32 Å². The van der Waals surface area contributed by atoms with Gasteiger partial charge in [-0.25, -0.2) is 8.42 Å². The molecule has 7 nitrogen and oxygen atoms in total. The second-order valence-electron chi connectivity index (χ2n) is 8.31. The van der Waals surface area contributed by atoms with E-state index in [9.17, 15) is 18.0 Å². The van der Waals surface area contributed by atoms with Crippen LogP contribution in [0, 0.1) is 0 Å². The molecule has 33 heavy (non-hydrogen) atoms. The molecular weight excluding hydrogens is 458 g/mol. The molecule has 2 aromatic rings. The SMILES string of the molecule is O=C(Nc1ccc(CC(=O)N2CCSCC2)cc1)c1cccc(S(=O)(=O)N2CCCCC2)c1. The van der Waals surface area contributed by atoms with E-state index in [0.29, 0.717) is 25.2 Å². The van der Waals surface area contributed by atoms with Gasteiger partial charge in [0.15, 0.2) is 0 Å². The molecule has 0 spiro atoms. The molecule has 0 bridgehead atoms. The Labute approximate surface area is 199 Å². The molecule has 2 aliphatic rings. The number of anilines is 1. The summed E-state index contributed by atoms with van der Waals surface area (Å²) in [6.07, 6.45) is 3.10. The summed E-state index contributed by atoms with van der Waals surface area (Å²) in [4.78, 5) is 27.2. The van der Waals surface area contributed by atoms with E-state index < -0.39 is 10.0 Å². The van der Waals surface area contributed by atoms with Crippen LogP contribution in [0.3, 0.4) is 0 Å². The van der Waals surface area contributed by atoms with Crippen LogP contribution in [0.25, 0.3) is 0 Å². The number of rotatable bonds is 6. The van der Waals surface area contributed by atoms with Gasteiger partial charge >= 0.3 is 0 Å². The molecule has 2 heterocycles. The number of piperidine rings is 1. The third kappa shape index (κ3) is 5.96. The minimum atomic E-state index is -3.60. The van der Waals surface area contributed by atoms with Crippen molar-refractivity contribution in [3.63, 3.8) is 0 Å². The quantitative estimate of drug-likeness (QED) is 0.676. The number of amides is 2. The highest BCUT2D eigenvalue weighted by Crippen LogP contribution is 2.22. The zero-order valence-electron chi connectivity index (χ0n) is 18.5. The summed E-state index contributed by atoms with van der Waals surface area (Å²) in [6.45, 7) is 2.63. The number of carbonyl (C=O) groups excluding carboxylic acids is 2. The Kier molecular flexibility index (Phi) is 7.72. The third-order valence-electron chi connectivity index (χ3n) is 5.98. The normalized spacial score (nSPS) is 17.5. The van der Waals surface area contributed by atoms with Gasteiger partial charge in [0.2, 0.25) is 15.9 Å². The number of nitrogens with zero attached hydrogens (tertiary/aromatic N) is 2. The second-order valence-corrected chi connectivity index (χ2v) is 11.5. The molecule has 0 aromatic heterocycles. The largest absolute Gasteiger partial charge is 0.341 e. The lowest BCUT2D eigenvalue weighted by molar-refractivity contribution is -0.130. The van der Waals surface area contributed by atoms with Crippen molar-refractivity contribution in [2.24, 2.45) is 0 Å². The Morgan fingerprint density at radius 3 is 2.30 bits per heavy atom. The predicted molar refractivity (Wildman–Crippen MR) is 131 cm³/mol. The van der Waals surface area contributed by atoms with E-state index in [2.05, 4.69) is 5.32 Å². The van der Waals surface area contributed by atoms with Crippen LogP contribution in [-0.4, -0.2) is 67.1 Å². The summed E-state index contributed by atoms with van der Waals surface area (Å²) in [5.41, 5.74) is 1.77. The van der Waals surface area contributed by atoms with Gasteiger partial charge in [0.05, 0.1) is 11.3 Å². The highest BCUT2D eigenvalue weighted by atomic mass is 32.2. The van der Waals surface area contributed by atoms with E-state index in [1.54, 1.807) is 24.3 Å². The molecule has 2 amide bonds. The topological polar surface area (TPSA) is 86.8 Å². The fraction of sp³-hybridized carbons (Fsp3) is 0.417. The first-order chi connectivity index (χ1) is 15.9. The maximum absolute atomic E-state index is 12.9. The summed E-state index contributed by atoms with van der Waals surface area (Å²) in [6, 6.07) is 13.4. The first-order valence-corrected chi connectivity index (χ1v) is 13.9. The second kappa shape index (κ2) is 10.7. The Balaban J connectivity index is 1.39. The first-order valence-electron chi connectivity index (χ1n) is 11.3. The standard InChI is InChI=1S/C24H29N3O4S2/c28-23(26-13-15-32-16-14-26)17-19-7-9-21(10-8-19)25-24(29)20-5-4-6-22(18-20)33(30,31)27-11-2-1-3-12-27/h4-10,18H,1-3,11-17H2,(H,25,29). The fourth-order valence-electron chi connectivity index (χ4n) is 4.06. The molecule has 0 saturated carbocycles. The number of benzene rings is 2. The summed E-state index contributed by atoms with van der Waals surface area (Å²) in [5.74, 6) is 1.72. The van der Waals surface area contributed by atoms with Crippen molar-refractivity contribution in [2.45, 2.75) is 30.6 Å². The number of hydrogen-bond acceptors (Lipinski definition) is 5. The van der Waals surface area contributed by atoms with Crippen LogP contribution in [0.4, 0.5) is 5.69 Å². The zero-order chi connectivity index (χ0) is 23.3. The molecule has 4 rings (SSSR count). The van der Waals surface area contributed by atoms with E-state index in [-0.39, 0.29) is 22.3 Å². The molecule has 2 aromatic carbocycles. The summed E-state index contributed by atoms with van der Waals surface area (Å²) < 4.78 is 27.3. The molecule has 2 fully saturated rings. The van der Waals surface area contributed by atoms with E-state index in [0.717, 1.165) is 49.4 Å². The monoisotopic (exact) mass is 487 g/mol. The fourth-order valence-corrected chi connectivity index (χ4v) is 6.53. The zero-order valence-corrected chi connectivity index (χ0v) is 20.2. The average Bonchev–Trinajstić information content (AvgIpc) is 2.86. The molecule has 0 atom stereocenters. The van der Waals surface area contributed by atoms with Crippen LogP contribution in [0.5, 0.6) is 0 Å². The van der Waals surface area contributed by atoms with Gasteiger partial charge in [0.25, 0.3) is 5.91 Å². The van der Waals surface area contributed by atoms with Crippen LogP contribution >= 0.6 is 11.8 Å². The third-order valence-corrected chi connectivity index (χ3v) is 8.82. The van der Waals surface area contributed by atoms with Gasteiger partial charge in [0, 0.05) is 48.9 Å². The Morgan fingerprint density at radius 2 is 1.61 bits per heavy atom. The van der Waals surface area contributed by atoms with E-state index in [1.807, 2.05) is 28.8 Å². The van der Waals surface area contributed by atoms with Gasteiger partial charge < -0.3 is 10.2 Å². The van der Waals surface area contributed by atoms with E-state index in [1.165, 1.54) is 16.4 Å². The van der Waals surface area contributed by atoms with Gasteiger partial charge in [-0.3, -0.25) is 9.59 Å². The van der Waals surface area contributed by atoms with Crippen molar-refractivity contribution in [3.05, 3.63) is 59.7 Å². The highest BCUT2D eigenvalue weighted by Gasteiger charge is 2.26. The lowest BCUT2D eigenvalue weighted by atomic mass is 10.1. The molecule has 176 valence electrons. The highest BCUT2D eigenvalue weighted by molar-refractivity contribution is 7.99. The number of carbonyl (C=O) groups is 2. The Hall–Kier alpha value is -2.36. The number of hydrogen-bond donors (Lipinski definition) is 1. The van der Waals surface area contributed by atoms with E-state index >= 15 is 0 Å². The average molecular weight is 488 g/mol. The van der Waals surface area contributed by atoms with Crippen molar-refractivity contribution in [1.29, 1.82) is 0 Å². The summed E-state index contributed by atoms with van der Waals surface area (Å²) >= 11 is 1.87. The molecule has 2 saturated heterocycles. The Morgan fingerprint density at radius 1 is 0.909 bits per heavy atom. The van der Waals surface area contributed by atoms with Gasteiger partial charge in [-0.2, -0.15) is 16.1 Å². The van der Waals surface area contributed by atoms with Crippen molar-refractivity contribution in [2.75, 3.05) is 43.0 Å². The lowest BCUT2D eigenvalue weighted by Gasteiger charge is -2.26. The number of thioether (sulfide) groups is 1. The molecule has 0 aliphatic carbocycles. The van der Waals surface area contributed by atoms with Crippen molar-refractivity contribution in [1.82, 2.24) is 9.21 Å². The van der Waals surface area contributed by atoms with Gasteiger partial charge in [0.1, 0.15) is 0 Å². The van der Waals surface area contributed by atoms with Gasteiger partial charge in [-0.15, -0.1) is 0 Å². The number of sulfonamides is 1. The predicted octanol–water partition coefficient (Wildman–Crippen LogP) is 3.23. The van der Waals surface area contributed by atoms with Crippen molar-refractivity contribution in [3.8, 4) is 0 Å². The van der Waals surface area contributed by atoms with Crippen LogP contribution in [0.15, 0.2) is 53.4 Å². The maximum Gasteiger partial charge on any atom is 0.255 e. The van der Waals surface area contributed by atoms with Crippen LogP contribution in [0.2, 0.25) is 0 Å². The molecule has 0 unspecified atom stereocenters. The molecule has 0 radical (unpaired) electrons. The Bertz CT molecular complexity index is 1090. The molecular formula is C24H29N3O4S2. The van der Waals surface area contributed by atoms with Gasteiger partial charge in [-0.05, 0) is 48.7 Å². The summed E-state index contributed by atoms with van der Waals surface area (Å²) in [5, 5.41) is 2.81. The minimum Gasteiger partial charge on any atom is -0.341 e.